The number of aryl methyl sites for hydroxylation is 2. The van der Waals surface area contributed by atoms with Crippen LogP contribution in [0.3, 0.4) is 0 Å². The van der Waals surface area contributed by atoms with Crippen LogP contribution >= 0.6 is 0 Å². The van der Waals surface area contributed by atoms with E-state index in [-0.39, 0.29) is 6.10 Å². The van der Waals surface area contributed by atoms with E-state index in [2.05, 4.69) is 33.5 Å². The Morgan fingerprint density at radius 3 is 3.14 bits per heavy atom. The number of nitrogens with one attached hydrogen (secondary N) is 1. The molecular weight excluding hydrogens is 278 g/mol. The second-order valence-corrected chi connectivity index (χ2v) is 5.67. The highest BCUT2D eigenvalue weighted by atomic mass is 16.5. The first kappa shape index (κ1) is 15.0. The van der Waals surface area contributed by atoms with Crippen LogP contribution < -0.4 is 5.32 Å². The summed E-state index contributed by atoms with van der Waals surface area (Å²) in [6.07, 6.45) is 7.44. The molecule has 3 heterocycles. The molecule has 0 spiro atoms. The van der Waals surface area contributed by atoms with E-state index in [1.165, 1.54) is 0 Å². The van der Waals surface area contributed by atoms with Gasteiger partial charge >= 0.3 is 0 Å². The Morgan fingerprint density at radius 2 is 2.36 bits per heavy atom. The van der Waals surface area contributed by atoms with Crippen LogP contribution in [0, 0.1) is 6.92 Å². The highest BCUT2D eigenvalue weighted by Gasteiger charge is 2.16. The average Bonchev–Trinajstić information content (AvgIpc) is 3.16. The van der Waals surface area contributed by atoms with E-state index in [1.807, 2.05) is 17.7 Å². The van der Waals surface area contributed by atoms with Gasteiger partial charge in [0, 0.05) is 37.7 Å². The molecule has 1 N–H and O–H groups in total. The number of ether oxygens (including phenoxy) is 1. The van der Waals surface area contributed by atoms with Crippen LogP contribution in [-0.4, -0.2) is 39.0 Å². The zero-order valence-electron chi connectivity index (χ0n) is 13.2. The number of rotatable bonds is 6. The summed E-state index contributed by atoms with van der Waals surface area (Å²) in [6.45, 7) is 6.72. The van der Waals surface area contributed by atoms with Crippen molar-refractivity contribution in [2.45, 2.75) is 45.8 Å². The van der Waals surface area contributed by atoms with Crippen molar-refractivity contribution in [3.63, 3.8) is 0 Å². The first-order valence-electron chi connectivity index (χ1n) is 7.99. The van der Waals surface area contributed by atoms with Crippen molar-refractivity contribution in [3.8, 4) is 11.3 Å². The lowest BCUT2D eigenvalue weighted by Crippen LogP contribution is -2.19. The molecule has 1 atom stereocenters. The molecule has 0 bridgehead atoms. The zero-order chi connectivity index (χ0) is 15.4. The van der Waals surface area contributed by atoms with Gasteiger partial charge in [0.05, 0.1) is 17.5 Å². The summed E-state index contributed by atoms with van der Waals surface area (Å²) in [5.74, 6) is 0.649. The van der Waals surface area contributed by atoms with Crippen molar-refractivity contribution in [3.05, 3.63) is 24.2 Å². The maximum absolute atomic E-state index is 5.61. The van der Waals surface area contributed by atoms with Crippen molar-refractivity contribution >= 4 is 5.95 Å². The van der Waals surface area contributed by atoms with Crippen LogP contribution in [0.25, 0.3) is 11.3 Å². The SMILES string of the molecule is CCCn1cc(-c2ccnc(NC[C@H]3CCCO3)n2)c(C)n1. The monoisotopic (exact) mass is 301 g/mol. The highest BCUT2D eigenvalue weighted by Crippen LogP contribution is 2.21. The van der Waals surface area contributed by atoms with Crippen LogP contribution in [0.1, 0.15) is 31.9 Å². The number of aromatic nitrogens is 4. The lowest BCUT2D eigenvalue weighted by atomic mass is 10.2. The number of hydrogen-bond donors (Lipinski definition) is 1. The molecule has 0 radical (unpaired) electrons. The summed E-state index contributed by atoms with van der Waals surface area (Å²) in [7, 11) is 0. The van der Waals surface area contributed by atoms with E-state index in [4.69, 9.17) is 4.74 Å². The summed E-state index contributed by atoms with van der Waals surface area (Å²) < 4.78 is 7.59. The van der Waals surface area contributed by atoms with Gasteiger partial charge in [-0.2, -0.15) is 5.10 Å². The van der Waals surface area contributed by atoms with Gasteiger partial charge < -0.3 is 10.1 Å². The summed E-state index contributed by atoms with van der Waals surface area (Å²) in [5.41, 5.74) is 2.97. The Hall–Kier alpha value is -1.95. The van der Waals surface area contributed by atoms with Crippen LogP contribution in [0.2, 0.25) is 0 Å². The molecule has 0 aliphatic carbocycles. The largest absolute Gasteiger partial charge is 0.376 e. The van der Waals surface area contributed by atoms with Crippen LogP contribution in [-0.2, 0) is 11.3 Å². The van der Waals surface area contributed by atoms with Gasteiger partial charge in [0.15, 0.2) is 0 Å². The van der Waals surface area contributed by atoms with E-state index in [0.717, 1.165) is 55.9 Å². The standard InChI is InChI=1S/C16H23N5O/c1-3-8-21-11-14(12(2)20-21)15-6-7-17-16(19-15)18-10-13-5-4-9-22-13/h6-7,11,13H,3-5,8-10H2,1-2H3,(H,17,18,19)/t13-/m1/s1. The predicted molar refractivity (Wildman–Crippen MR) is 85.7 cm³/mol. The van der Waals surface area contributed by atoms with Crippen molar-refractivity contribution in [1.29, 1.82) is 0 Å². The van der Waals surface area contributed by atoms with Crippen molar-refractivity contribution in [2.24, 2.45) is 0 Å². The van der Waals surface area contributed by atoms with Gasteiger partial charge in [-0.25, -0.2) is 9.97 Å². The van der Waals surface area contributed by atoms with Gasteiger partial charge in [0.25, 0.3) is 0 Å². The van der Waals surface area contributed by atoms with E-state index in [1.54, 1.807) is 6.20 Å². The molecule has 6 nitrogen and oxygen atoms in total. The van der Waals surface area contributed by atoms with Crippen LogP contribution in [0.15, 0.2) is 18.5 Å². The Bertz CT molecular complexity index is 619. The molecule has 2 aromatic heterocycles. The molecule has 2 aromatic rings. The molecular formula is C16H23N5O. The Balaban J connectivity index is 1.72. The van der Waals surface area contributed by atoms with Gasteiger partial charge in [-0.3, -0.25) is 4.68 Å². The Morgan fingerprint density at radius 1 is 1.45 bits per heavy atom. The molecule has 22 heavy (non-hydrogen) atoms. The number of nitrogens with zero attached hydrogens (tertiary/aromatic N) is 4. The normalized spacial score (nSPS) is 17.8. The lowest BCUT2D eigenvalue weighted by molar-refractivity contribution is 0.120. The molecule has 1 saturated heterocycles. The van der Waals surface area contributed by atoms with Gasteiger partial charge in [-0.15, -0.1) is 0 Å². The number of anilines is 1. The summed E-state index contributed by atoms with van der Waals surface area (Å²) in [6, 6.07) is 1.93. The van der Waals surface area contributed by atoms with Crippen LogP contribution in [0.4, 0.5) is 5.95 Å². The second-order valence-electron chi connectivity index (χ2n) is 5.67. The molecule has 1 aliphatic rings. The molecule has 0 amide bonds. The second kappa shape index (κ2) is 6.87. The average molecular weight is 301 g/mol. The van der Waals surface area contributed by atoms with E-state index < -0.39 is 0 Å². The molecule has 6 heteroatoms. The fraction of sp³-hybridized carbons (Fsp3) is 0.562. The minimum atomic E-state index is 0.279. The first-order chi connectivity index (χ1) is 10.8. The molecule has 3 rings (SSSR count). The third-order valence-electron chi connectivity index (χ3n) is 3.84. The fourth-order valence-corrected chi connectivity index (χ4v) is 2.72. The molecule has 0 aromatic carbocycles. The summed E-state index contributed by atoms with van der Waals surface area (Å²) in [4.78, 5) is 8.90. The Kier molecular flexibility index (Phi) is 4.68. The van der Waals surface area contributed by atoms with E-state index >= 15 is 0 Å². The van der Waals surface area contributed by atoms with Gasteiger partial charge in [-0.05, 0) is 32.3 Å². The molecule has 0 saturated carbocycles. The summed E-state index contributed by atoms with van der Waals surface area (Å²) >= 11 is 0. The van der Waals surface area contributed by atoms with Crippen molar-refractivity contribution in [2.75, 3.05) is 18.5 Å². The fourth-order valence-electron chi connectivity index (χ4n) is 2.72. The molecule has 1 fully saturated rings. The quantitative estimate of drug-likeness (QED) is 0.888. The first-order valence-corrected chi connectivity index (χ1v) is 7.99. The Labute approximate surface area is 130 Å². The lowest BCUT2D eigenvalue weighted by Gasteiger charge is -2.10. The summed E-state index contributed by atoms with van der Waals surface area (Å²) in [5, 5.41) is 7.81. The highest BCUT2D eigenvalue weighted by molar-refractivity contribution is 5.61. The zero-order valence-corrected chi connectivity index (χ0v) is 13.2. The van der Waals surface area contributed by atoms with Gasteiger partial charge in [0.2, 0.25) is 5.95 Å². The van der Waals surface area contributed by atoms with E-state index in [9.17, 15) is 0 Å². The smallest absolute Gasteiger partial charge is 0.223 e. The van der Waals surface area contributed by atoms with Crippen LogP contribution in [0.5, 0.6) is 0 Å². The maximum Gasteiger partial charge on any atom is 0.223 e. The third kappa shape index (κ3) is 3.44. The number of hydrogen-bond acceptors (Lipinski definition) is 5. The maximum atomic E-state index is 5.61. The molecule has 0 unspecified atom stereocenters. The topological polar surface area (TPSA) is 64.9 Å². The van der Waals surface area contributed by atoms with Gasteiger partial charge in [-0.1, -0.05) is 6.92 Å². The minimum absolute atomic E-state index is 0.279. The minimum Gasteiger partial charge on any atom is -0.376 e. The third-order valence-corrected chi connectivity index (χ3v) is 3.84. The predicted octanol–water partition coefficient (Wildman–Crippen LogP) is 2.65. The van der Waals surface area contributed by atoms with Gasteiger partial charge in [0.1, 0.15) is 0 Å². The van der Waals surface area contributed by atoms with Crippen molar-refractivity contribution < 1.29 is 4.74 Å². The van der Waals surface area contributed by atoms with E-state index in [0.29, 0.717) is 5.95 Å². The molecule has 118 valence electrons. The van der Waals surface area contributed by atoms with Crippen molar-refractivity contribution in [1.82, 2.24) is 19.7 Å². The molecule has 1 aliphatic heterocycles.